The Morgan fingerprint density at radius 2 is 2.37 bits per heavy atom. The van der Waals surface area contributed by atoms with Crippen molar-refractivity contribution in [1.29, 1.82) is 0 Å². The molecule has 0 spiro atoms. The fourth-order valence-corrected chi connectivity index (χ4v) is 2.83. The van der Waals surface area contributed by atoms with E-state index in [2.05, 4.69) is 15.9 Å². The first-order chi connectivity index (χ1) is 9.13. The second kappa shape index (κ2) is 6.68. The maximum atomic E-state index is 13.7. The SMILES string of the molecule is O=C(Cc1c(F)cccc1Cl)N1CCOCC1CBr. The maximum absolute atomic E-state index is 13.7. The summed E-state index contributed by atoms with van der Waals surface area (Å²) in [5.41, 5.74) is 0.258. The molecule has 0 aliphatic carbocycles. The normalized spacial score (nSPS) is 19.5. The number of hydrogen-bond donors (Lipinski definition) is 0. The molecule has 1 aromatic carbocycles. The molecule has 0 N–H and O–H groups in total. The van der Waals surface area contributed by atoms with Crippen molar-refractivity contribution in [2.75, 3.05) is 25.1 Å². The van der Waals surface area contributed by atoms with Gasteiger partial charge in [-0.25, -0.2) is 4.39 Å². The summed E-state index contributed by atoms with van der Waals surface area (Å²) in [4.78, 5) is 14.0. The Kier molecular flexibility index (Phi) is 5.19. The Labute approximate surface area is 124 Å². The summed E-state index contributed by atoms with van der Waals surface area (Å²) in [5.74, 6) is -0.566. The number of morpholine rings is 1. The summed E-state index contributed by atoms with van der Waals surface area (Å²) in [7, 11) is 0. The van der Waals surface area contributed by atoms with Gasteiger partial charge in [-0.3, -0.25) is 4.79 Å². The van der Waals surface area contributed by atoms with Crippen LogP contribution in [0.15, 0.2) is 18.2 Å². The third-order valence-electron chi connectivity index (χ3n) is 3.12. The van der Waals surface area contributed by atoms with Gasteiger partial charge >= 0.3 is 0 Å². The number of alkyl halides is 1. The summed E-state index contributed by atoms with van der Waals surface area (Å²) in [6, 6.07) is 4.43. The van der Waals surface area contributed by atoms with Gasteiger partial charge in [-0.1, -0.05) is 33.6 Å². The van der Waals surface area contributed by atoms with E-state index in [0.29, 0.717) is 25.1 Å². The molecule has 0 saturated carbocycles. The van der Waals surface area contributed by atoms with E-state index in [1.54, 1.807) is 11.0 Å². The van der Waals surface area contributed by atoms with Crippen LogP contribution in [-0.4, -0.2) is 41.9 Å². The molecule has 0 bridgehead atoms. The molecule has 3 nitrogen and oxygen atoms in total. The van der Waals surface area contributed by atoms with Crippen molar-refractivity contribution in [3.8, 4) is 0 Å². The molecule has 1 saturated heterocycles. The Hall–Kier alpha value is -0.650. The second-order valence-corrected chi connectivity index (χ2v) is 5.40. The van der Waals surface area contributed by atoms with Crippen molar-refractivity contribution in [2.24, 2.45) is 0 Å². The molecule has 1 unspecified atom stereocenters. The topological polar surface area (TPSA) is 29.5 Å². The number of halogens is 3. The van der Waals surface area contributed by atoms with Gasteiger partial charge in [0.25, 0.3) is 0 Å². The first-order valence-corrected chi connectivity index (χ1v) is 7.49. The van der Waals surface area contributed by atoms with Crippen molar-refractivity contribution in [2.45, 2.75) is 12.5 Å². The van der Waals surface area contributed by atoms with Crippen LogP contribution >= 0.6 is 27.5 Å². The lowest BCUT2D eigenvalue weighted by Gasteiger charge is -2.34. The third-order valence-corrected chi connectivity index (χ3v) is 4.22. The largest absolute Gasteiger partial charge is 0.377 e. The predicted molar refractivity (Wildman–Crippen MR) is 75.2 cm³/mol. The van der Waals surface area contributed by atoms with E-state index in [1.165, 1.54) is 12.1 Å². The van der Waals surface area contributed by atoms with Crippen molar-refractivity contribution in [3.63, 3.8) is 0 Å². The van der Waals surface area contributed by atoms with E-state index in [4.69, 9.17) is 16.3 Å². The summed E-state index contributed by atoms with van der Waals surface area (Å²) in [5, 5.41) is 0.931. The van der Waals surface area contributed by atoms with Gasteiger partial charge < -0.3 is 9.64 Å². The smallest absolute Gasteiger partial charge is 0.227 e. The molecular weight excluding hydrogens is 337 g/mol. The number of rotatable bonds is 3. The van der Waals surface area contributed by atoms with E-state index < -0.39 is 5.82 Å². The first-order valence-electron chi connectivity index (χ1n) is 5.99. The Morgan fingerprint density at radius 1 is 1.58 bits per heavy atom. The number of hydrogen-bond acceptors (Lipinski definition) is 2. The van der Waals surface area contributed by atoms with Gasteiger partial charge in [0.05, 0.1) is 25.7 Å². The number of carbonyl (C=O) groups is 1. The zero-order chi connectivity index (χ0) is 13.8. The fraction of sp³-hybridized carbons (Fsp3) is 0.462. The molecule has 1 aliphatic rings. The van der Waals surface area contributed by atoms with Crippen molar-refractivity contribution < 1.29 is 13.9 Å². The van der Waals surface area contributed by atoms with Crippen molar-refractivity contribution >= 4 is 33.4 Å². The maximum Gasteiger partial charge on any atom is 0.227 e. The molecule has 1 heterocycles. The molecule has 0 radical (unpaired) electrons. The Balaban J connectivity index is 2.12. The van der Waals surface area contributed by atoms with Gasteiger partial charge in [0.15, 0.2) is 0 Å². The zero-order valence-electron chi connectivity index (χ0n) is 10.2. The lowest BCUT2D eigenvalue weighted by atomic mass is 10.1. The van der Waals surface area contributed by atoms with Crippen LogP contribution in [0.2, 0.25) is 5.02 Å². The standard InChI is InChI=1S/C13H14BrClFNO2/c14-7-9-8-19-5-4-17(9)13(18)6-10-11(15)2-1-3-12(10)16/h1-3,9H,4-8H2. The van der Waals surface area contributed by atoms with Crippen LogP contribution in [-0.2, 0) is 16.0 Å². The van der Waals surface area contributed by atoms with Crippen LogP contribution in [0, 0.1) is 5.82 Å². The van der Waals surface area contributed by atoms with Gasteiger partial charge in [0.1, 0.15) is 5.82 Å². The number of benzene rings is 1. The number of carbonyl (C=O) groups excluding carboxylic acids is 1. The number of amides is 1. The highest BCUT2D eigenvalue weighted by molar-refractivity contribution is 9.09. The molecule has 1 fully saturated rings. The zero-order valence-corrected chi connectivity index (χ0v) is 12.6. The summed E-state index contributed by atoms with van der Waals surface area (Å²) >= 11 is 9.30. The molecule has 0 aromatic heterocycles. The van der Waals surface area contributed by atoms with Gasteiger partial charge in [-0.05, 0) is 12.1 Å². The molecule has 1 aromatic rings. The minimum absolute atomic E-state index is 0.00759. The third kappa shape index (κ3) is 3.46. The van der Waals surface area contributed by atoms with E-state index in [-0.39, 0.29) is 29.0 Å². The highest BCUT2D eigenvalue weighted by Crippen LogP contribution is 2.21. The molecular formula is C13H14BrClFNO2. The number of nitrogens with zero attached hydrogens (tertiary/aromatic N) is 1. The van der Waals surface area contributed by atoms with Gasteiger partial charge in [-0.2, -0.15) is 0 Å². The summed E-state index contributed by atoms with van der Waals surface area (Å²) in [6.07, 6.45) is -0.0188. The average molecular weight is 351 g/mol. The van der Waals surface area contributed by atoms with Crippen LogP contribution < -0.4 is 0 Å². The summed E-state index contributed by atoms with van der Waals surface area (Å²) in [6.45, 7) is 1.55. The Bertz CT molecular complexity index is 452. The van der Waals surface area contributed by atoms with E-state index >= 15 is 0 Å². The van der Waals surface area contributed by atoms with E-state index in [0.717, 1.165) is 0 Å². The average Bonchev–Trinajstić information content (AvgIpc) is 2.42. The van der Waals surface area contributed by atoms with Crippen molar-refractivity contribution in [3.05, 3.63) is 34.6 Å². The van der Waals surface area contributed by atoms with Crippen LogP contribution in [0.5, 0.6) is 0 Å². The first kappa shape index (κ1) is 14.8. The van der Waals surface area contributed by atoms with E-state index in [1.807, 2.05) is 0 Å². The minimum atomic E-state index is -0.440. The second-order valence-electron chi connectivity index (χ2n) is 4.35. The lowest BCUT2D eigenvalue weighted by molar-refractivity contribution is -0.138. The highest BCUT2D eigenvalue weighted by atomic mass is 79.9. The van der Waals surface area contributed by atoms with Crippen LogP contribution in [0.4, 0.5) is 4.39 Å². The predicted octanol–water partition coefficient (Wildman–Crippen LogP) is 2.64. The van der Waals surface area contributed by atoms with Crippen LogP contribution in [0.25, 0.3) is 0 Å². The highest BCUT2D eigenvalue weighted by Gasteiger charge is 2.27. The molecule has 2 rings (SSSR count). The quantitative estimate of drug-likeness (QED) is 0.784. The van der Waals surface area contributed by atoms with Crippen molar-refractivity contribution in [1.82, 2.24) is 4.90 Å². The molecule has 104 valence electrons. The Morgan fingerprint density at radius 3 is 3.05 bits per heavy atom. The molecule has 6 heteroatoms. The molecule has 1 amide bonds. The molecule has 1 aliphatic heterocycles. The number of ether oxygens (including phenoxy) is 1. The summed E-state index contributed by atoms with van der Waals surface area (Å²) < 4.78 is 19.0. The monoisotopic (exact) mass is 349 g/mol. The van der Waals surface area contributed by atoms with Crippen LogP contribution in [0.3, 0.4) is 0 Å². The fourth-order valence-electron chi connectivity index (χ4n) is 2.06. The molecule has 19 heavy (non-hydrogen) atoms. The van der Waals surface area contributed by atoms with Gasteiger partial charge in [-0.15, -0.1) is 0 Å². The van der Waals surface area contributed by atoms with Crippen LogP contribution in [0.1, 0.15) is 5.56 Å². The van der Waals surface area contributed by atoms with E-state index in [9.17, 15) is 9.18 Å². The lowest BCUT2D eigenvalue weighted by Crippen LogP contribution is -2.50. The molecule has 1 atom stereocenters. The minimum Gasteiger partial charge on any atom is -0.377 e. The van der Waals surface area contributed by atoms with Gasteiger partial charge in [0.2, 0.25) is 5.91 Å². The van der Waals surface area contributed by atoms with Gasteiger partial charge in [0, 0.05) is 22.5 Å².